The standard InChI is InChI=1S/C21H25ClFN3O3/c1-21(2,3)29-20(27)25-16-8-9-26(12-16)19-18(22)10-17(11-24-19)28-13-14-4-6-15(23)7-5-14/h4-7,10-11,16H,8-9,12-13H2,1-3H3,(H,25,27)/t16-/m1/s1. The molecule has 8 heteroatoms. The highest BCUT2D eigenvalue weighted by atomic mass is 35.5. The fourth-order valence-electron chi connectivity index (χ4n) is 3.02. The second kappa shape index (κ2) is 8.86. The Morgan fingerprint density at radius 3 is 2.72 bits per heavy atom. The van der Waals surface area contributed by atoms with Gasteiger partial charge in [0, 0.05) is 19.2 Å². The first-order chi connectivity index (χ1) is 13.7. The number of hydrogen-bond acceptors (Lipinski definition) is 5. The van der Waals surface area contributed by atoms with E-state index in [1.54, 1.807) is 24.4 Å². The Morgan fingerprint density at radius 1 is 1.34 bits per heavy atom. The van der Waals surface area contributed by atoms with Gasteiger partial charge in [-0.15, -0.1) is 0 Å². The van der Waals surface area contributed by atoms with Crippen molar-refractivity contribution in [2.45, 2.75) is 45.4 Å². The van der Waals surface area contributed by atoms with Crippen LogP contribution in [0.5, 0.6) is 5.75 Å². The third-order valence-electron chi connectivity index (χ3n) is 4.32. The molecule has 0 unspecified atom stereocenters. The maximum atomic E-state index is 13.0. The number of amides is 1. The van der Waals surface area contributed by atoms with Crippen molar-refractivity contribution in [1.82, 2.24) is 10.3 Å². The second-order valence-electron chi connectivity index (χ2n) is 7.97. The van der Waals surface area contributed by atoms with Crippen LogP contribution in [0.3, 0.4) is 0 Å². The van der Waals surface area contributed by atoms with Crippen LogP contribution >= 0.6 is 11.6 Å². The van der Waals surface area contributed by atoms with Crippen molar-refractivity contribution in [3.05, 3.63) is 52.9 Å². The van der Waals surface area contributed by atoms with Crippen LogP contribution in [-0.4, -0.2) is 35.8 Å². The second-order valence-corrected chi connectivity index (χ2v) is 8.38. The molecule has 1 aliphatic rings. The van der Waals surface area contributed by atoms with Crippen molar-refractivity contribution in [2.75, 3.05) is 18.0 Å². The number of rotatable bonds is 5. The van der Waals surface area contributed by atoms with Crippen LogP contribution in [0.1, 0.15) is 32.8 Å². The number of anilines is 1. The Hall–Kier alpha value is -2.54. The van der Waals surface area contributed by atoms with Gasteiger partial charge in [0.2, 0.25) is 0 Å². The first-order valence-corrected chi connectivity index (χ1v) is 9.85. The van der Waals surface area contributed by atoms with E-state index in [9.17, 15) is 9.18 Å². The lowest BCUT2D eigenvalue weighted by atomic mass is 10.2. The molecule has 29 heavy (non-hydrogen) atoms. The number of carbonyl (C=O) groups is 1. The normalized spacial score (nSPS) is 16.6. The summed E-state index contributed by atoms with van der Waals surface area (Å²) in [5.41, 5.74) is 0.318. The fraction of sp³-hybridized carbons (Fsp3) is 0.429. The van der Waals surface area contributed by atoms with E-state index in [1.807, 2.05) is 25.7 Å². The van der Waals surface area contributed by atoms with Crippen molar-refractivity contribution in [1.29, 1.82) is 0 Å². The third-order valence-corrected chi connectivity index (χ3v) is 4.60. The molecule has 1 fully saturated rings. The summed E-state index contributed by atoms with van der Waals surface area (Å²) in [5.74, 6) is 0.896. The third kappa shape index (κ3) is 6.22. The number of aromatic nitrogens is 1. The Labute approximate surface area is 175 Å². The minimum atomic E-state index is -0.531. The number of nitrogens with one attached hydrogen (secondary N) is 1. The molecule has 0 bridgehead atoms. The average Bonchev–Trinajstić information content (AvgIpc) is 3.07. The minimum Gasteiger partial charge on any atom is -0.487 e. The van der Waals surface area contributed by atoms with E-state index >= 15 is 0 Å². The van der Waals surface area contributed by atoms with Crippen molar-refractivity contribution >= 4 is 23.5 Å². The molecule has 1 aromatic heterocycles. The molecule has 2 heterocycles. The van der Waals surface area contributed by atoms with Gasteiger partial charge >= 0.3 is 6.09 Å². The van der Waals surface area contributed by atoms with Gasteiger partial charge in [-0.05, 0) is 44.9 Å². The van der Waals surface area contributed by atoms with Gasteiger partial charge in [0.25, 0.3) is 0 Å². The van der Waals surface area contributed by atoms with Gasteiger partial charge in [0.1, 0.15) is 29.6 Å². The van der Waals surface area contributed by atoms with Crippen LogP contribution < -0.4 is 15.0 Å². The predicted molar refractivity (Wildman–Crippen MR) is 110 cm³/mol. The Balaban J connectivity index is 1.55. The molecule has 0 spiro atoms. The highest BCUT2D eigenvalue weighted by Gasteiger charge is 2.28. The molecule has 0 saturated carbocycles. The molecular weight excluding hydrogens is 397 g/mol. The highest BCUT2D eigenvalue weighted by Crippen LogP contribution is 2.30. The van der Waals surface area contributed by atoms with Crippen LogP contribution in [0.15, 0.2) is 36.5 Å². The highest BCUT2D eigenvalue weighted by molar-refractivity contribution is 6.33. The summed E-state index contributed by atoms with van der Waals surface area (Å²) in [6, 6.07) is 7.80. The summed E-state index contributed by atoms with van der Waals surface area (Å²) in [6.45, 7) is 7.11. The van der Waals surface area contributed by atoms with Gasteiger partial charge in [0.05, 0.1) is 17.3 Å². The van der Waals surface area contributed by atoms with Gasteiger partial charge in [0.15, 0.2) is 0 Å². The minimum absolute atomic E-state index is 0.0304. The van der Waals surface area contributed by atoms with Crippen LogP contribution in [-0.2, 0) is 11.3 Å². The molecule has 1 atom stereocenters. The van der Waals surface area contributed by atoms with Crippen molar-refractivity contribution < 1.29 is 18.7 Å². The molecule has 1 N–H and O–H groups in total. The van der Waals surface area contributed by atoms with Crippen LogP contribution in [0.2, 0.25) is 5.02 Å². The maximum absolute atomic E-state index is 13.0. The number of halogens is 2. The van der Waals surface area contributed by atoms with Crippen LogP contribution in [0.25, 0.3) is 0 Å². The molecule has 1 amide bonds. The molecule has 1 saturated heterocycles. The lowest BCUT2D eigenvalue weighted by Gasteiger charge is -2.22. The van der Waals surface area contributed by atoms with Gasteiger partial charge in [-0.1, -0.05) is 23.7 Å². The van der Waals surface area contributed by atoms with E-state index < -0.39 is 11.7 Å². The van der Waals surface area contributed by atoms with E-state index in [2.05, 4.69) is 10.3 Å². The number of pyridine rings is 1. The zero-order chi connectivity index (χ0) is 21.0. The van der Waals surface area contributed by atoms with E-state index in [1.165, 1.54) is 12.1 Å². The zero-order valence-corrected chi connectivity index (χ0v) is 17.5. The molecule has 1 aromatic carbocycles. The average molecular weight is 422 g/mol. The zero-order valence-electron chi connectivity index (χ0n) is 16.7. The monoisotopic (exact) mass is 421 g/mol. The topological polar surface area (TPSA) is 63.7 Å². The van der Waals surface area contributed by atoms with Crippen molar-refractivity contribution in [3.8, 4) is 5.75 Å². The Morgan fingerprint density at radius 2 is 2.07 bits per heavy atom. The largest absolute Gasteiger partial charge is 0.487 e. The number of nitrogens with zero attached hydrogens (tertiary/aromatic N) is 2. The summed E-state index contributed by atoms with van der Waals surface area (Å²) in [4.78, 5) is 18.4. The molecule has 1 aliphatic heterocycles. The van der Waals surface area contributed by atoms with Crippen LogP contribution in [0, 0.1) is 5.82 Å². The smallest absolute Gasteiger partial charge is 0.407 e. The first kappa shape index (κ1) is 21.2. The molecule has 0 aliphatic carbocycles. The number of hydrogen-bond donors (Lipinski definition) is 1. The van der Waals surface area contributed by atoms with Crippen molar-refractivity contribution in [2.24, 2.45) is 0 Å². The Bertz CT molecular complexity index is 855. The summed E-state index contributed by atoms with van der Waals surface area (Å²) in [7, 11) is 0. The van der Waals surface area contributed by atoms with Gasteiger partial charge in [-0.2, -0.15) is 0 Å². The number of benzene rings is 1. The number of carbonyl (C=O) groups excluding carboxylic acids is 1. The van der Waals surface area contributed by atoms with Crippen LogP contribution in [0.4, 0.5) is 15.0 Å². The molecule has 6 nitrogen and oxygen atoms in total. The first-order valence-electron chi connectivity index (χ1n) is 9.47. The predicted octanol–water partition coefficient (Wildman–Crippen LogP) is 4.56. The fourth-order valence-corrected chi connectivity index (χ4v) is 3.29. The quantitative estimate of drug-likeness (QED) is 0.766. The number of alkyl carbamates (subject to hydrolysis) is 1. The van der Waals surface area contributed by atoms with E-state index in [0.29, 0.717) is 29.7 Å². The molecule has 2 aromatic rings. The van der Waals surface area contributed by atoms with Crippen molar-refractivity contribution in [3.63, 3.8) is 0 Å². The molecule has 0 radical (unpaired) electrons. The lowest BCUT2D eigenvalue weighted by Crippen LogP contribution is -2.40. The lowest BCUT2D eigenvalue weighted by molar-refractivity contribution is 0.0509. The van der Waals surface area contributed by atoms with E-state index in [-0.39, 0.29) is 11.9 Å². The maximum Gasteiger partial charge on any atom is 0.407 e. The molecule has 156 valence electrons. The summed E-state index contributed by atoms with van der Waals surface area (Å²) < 4.78 is 24.0. The van der Waals surface area contributed by atoms with Gasteiger partial charge < -0.3 is 19.7 Å². The summed E-state index contributed by atoms with van der Waals surface area (Å²) in [6.07, 6.45) is 1.97. The SMILES string of the molecule is CC(C)(C)OC(=O)N[C@@H]1CCN(c2ncc(OCc3ccc(F)cc3)cc2Cl)C1. The summed E-state index contributed by atoms with van der Waals surface area (Å²) in [5, 5.41) is 3.36. The van der Waals surface area contributed by atoms with Gasteiger partial charge in [-0.3, -0.25) is 0 Å². The van der Waals surface area contributed by atoms with E-state index in [0.717, 1.165) is 18.5 Å². The Kier molecular flexibility index (Phi) is 6.47. The molecular formula is C21H25ClFN3O3. The van der Waals surface area contributed by atoms with Gasteiger partial charge in [-0.25, -0.2) is 14.2 Å². The number of ether oxygens (including phenoxy) is 2. The summed E-state index contributed by atoms with van der Waals surface area (Å²) >= 11 is 6.41. The molecule has 3 rings (SSSR count). The van der Waals surface area contributed by atoms with E-state index in [4.69, 9.17) is 21.1 Å².